The molecule has 1 N–H and O–H groups in total. The van der Waals surface area contributed by atoms with Crippen molar-refractivity contribution in [2.45, 2.75) is 30.6 Å². The maximum Gasteiger partial charge on any atom is 0.303 e. The lowest BCUT2D eigenvalue weighted by atomic mass is 10.0. The lowest BCUT2D eigenvalue weighted by Crippen LogP contribution is -2.04. The van der Waals surface area contributed by atoms with Crippen LogP contribution in [0.4, 0.5) is 0 Å². The average Bonchev–Trinajstić information content (AvgIpc) is 2.55. The molecule has 17 heavy (non-hydrogen) atoms. The molecule has 1 aliphatic rings. The van der Waals surface area contributed by atoms with Crippen molar-refractivity contribution in [1.82, 2.24) is 0 Å². The summed E-state index contributed by atoms with van der Waals surface area (Å²) in [5.41, 5.74) is 1.64. The number of rotatable bonds is 4. The fourth-order valence-electron chi connectivity index (χ4n) is 2.21. The maximum absolute atomic E-state index is 11.9. The Hall–Kier alpha value is -1.36. The molecule has 1 aliphatic heterocycles. The molecular weight excluding hydrogens is 240 g/mol. The van der Waals surface area contributed by atoms with Crippen molar-refractivity contribution in [3.63, 3.8) is 0 Å². The van der Waals surface area contributed by atoms with E-state index in [0.717, 1.165) is 11.1 Å². The van der Waals surface area contributed by atoms with E-state index in [1.165, 1.54) is 0 Å². The van der Waals surface area contributed by atoms with Crippen molar-refractivity contribution >= 4 is 15.8 Å². The van der Waals surface area contributed by atoms with Gasteiger partial charge in [-0.2, -0.15) is 0 Å². The molecule has 4 nitrogen and oxygen atoms in total. The Bertz CT molecular complexity index is 546. The number of aliphatic carboxylic acids is 1. The molecule has 0 spiro atoms. The fourth-order valence-corrected chi connectivity index (χ4v) is 4.04. The molecule has 0 amide bonds. The van der Waals surface area contributed by atoms with Crippen LogP contribution in [-0.4, -0.2) is 25.2 Å². The molecule has 2 rings (SSSR count). The van der Waals surface area contributed by atoms with Crippen LogP contribution in [0.3, 0.4) is 0 Å². The first kappa shape index (κ1) is 12.1. The van der Waals surface area contributed by atoms with Gasteiger partial charge in [-0.1, -0.05) is 18.2 Å². The van der Waals surface area contributed by atoms with Gasteiger partial charge in [0.25, 0.3) is 0 Å². The van der Waals surface area contributed by atoms with E-state index in [0.29, 0.717) is 24.2 Å². The minimum absolute atomic E-state index is 0.0731. The van der Waals surface area contributed by atoms with Crippen LogP contribution in [-0.2, 0) is 27.5 Å². The molecule has 92 valence electrons. The van der Waals surface area contributed by atoms with Crippen LogP contribution in [0.5, 0.6) is 0 Å². The summed E-state index contributed by atoms with van der Waals surface area (Å²) >= 11 is 0. The Morgan fingerprint density at radius 3 is 2.82 bits per heavy atom. The molecule has 0 aromatic heterocycles. The topological polar surface area (TPSA) is 71.4 Å². The maximum atomic E-state index is 11.9. The Morgan fingerprint density at radius 1 is 1.35 bits per heavy atom. The summed E-state index contributed by atoms with van der Waals surface area (Å²) in [6.45, 7) is 0. The van der Waals surface area contributed by atoms with E-state index in [9.17, 15) is 13.2 Å². The SMILES string of the molecule is O=C(O)CCCc1cccc2c1S(=O)(=O)CC2. The first-order chi connectivity index (χ1) is 8.00. The number of carboxylic acids is 1. The van der Waals surface area contributed by atoms with E-state index >= 15 is 0 Å². The standard InChI is InChI=1S/C12H14O4S/c13-11(14)6-2-5-9-3-1-4-10-7-8-17(15,16)12(9)10/h1,3-4H,2,5-8H2,(H,13,14). The molecule has 0 aliphatic carbocycles. The summed E-state index contributed by atoms with van der Waals surface area (Å²) in [4.78, 5) is 10.9. The van der Waals surface area contributed by atoms with E-state index in [4.69, 9.17) is 5.11 Å². The Morgan fingerprint density at radius 2 is 2.12 bits per heavy atom. The zero-order valence-electron chi connectivity index (χ0n) is 9.35. The third-order valence-corrected chi connectivity index (χ3v) is 4.85. The number of hydrogen-bond donors (Lipinski definition) is 1. The summed E-state index contributed by atoms with van der Waals surface area (Å²) in [5.74, 6) is -0.668. The zero-order valence-corrected chi connectivity index (χ0v) is 10.2. The number of sulfone groups is 1. The molecule has 5 heteroatoms. The molecule has 1 aromatic carbocycles. The van der Waals surface area contributed by atoms with Crippen LogP contribution < -0.4 is 0 Å². The van der Waals surface area contributed by atoms with Crippen molar-refractivity contribution < 1.29 is 18.3 Å². The molecule has 0 saturated heterocycles. The van der Waals surface area contributed by atoms with Gasteiger partial charge >= 0.3 is 5.97 Å². The fraction of sp³-hybridized carbons (Fsp3) is 0.417. The number of benzene rings is 1. The van der Waals surface area contributed by atoms with Crippen molar-refractivity contribution in [3.05, 3.63) is 29.3 Å². The monoisotopic (exact) mass is 254 g/mol. The van der Waals surface area contributed by atoms with Gasteiger partial charge in [0.1, 0.15) is 0 Å². The third-order valence-electron chi connectivity index (χ3n) is 2.97. The molecule has 0 unspecified atom stereocenters. The highest BCUT2D eigenvalue weighted by atomic mass is 32.2. The third kappa shape index (κ3) is 2.49. The van der Waals surface area contributed by atoms with Crippen molar-refractivity contribution in [3.8, 4) is 0 Å². The summed E-state index contributed by atoms with van der Waals surface area (Å²) in [5, 5.41) is 8.57. The largest absolute Gasteiger partial charge is 0.481 e. The average molecular weight is 254 g/mol. The van der Waals surface area contributed by atoms with Crippen LogP contribution in [0.1, 0.15) is 24.0 Å². The second kappa shape index (κ2) is 4.49. The minimum atomic E-state index is -3.13. The van der Waals surface area contributed by atoms with Crippen molar-refractivity contribution in [2.75, 3.05) is 5.75 Å². The minimum Gasteiger partial charge on any atom is -0.481 e. The molecular formula is C12H14O4S. The summed E-state index contributed by atoms with van der Waals surface area (Å²) in [7, 11) is -3.13. The van der Waals surface area contributed by atoms with Crippen LogP contribution in [0.25, 0.3) is 0 Å². The number of carboxylic acid groups (broad SMARTS) is 1. The van der Waals surface area contributed by atoms with Gasteiger partial charge in [0.05, 0.1) is 10.6 Å². The molecule has 0 saturated carbocycles. The highest BCUT2D eigenvalue weighted by Crippen LogP contribution is 2.30. The normalized spacial score (nSPS) is 16.7. The number of fused-ring (bicyclic) bond motifs is 1. The second-order valence-electron chi connectivity index (χ2n) is 4.22. The summed E-state index contributed by atoms with van der Waals surface area (Å²) < 4.78 is 23.7. The Kier molecular flexibility index (Phi) is 3.19. The van der Waals surface area contributed by atoms with E-state index in [1.54, 1.807) is 6.07 Å². The Labute approximate surface area is 100 Å². The Balaban J connectivity index is 2.25. The number of hydrogen-bond acceptors (Lipinski definition) is 3. The van der Waals surface area contributed by atoms with Crippen molar-refractivity contribution in [2.24, 2.45) is 0 Å². The van der Waals surface area contributed by atoms with Gasteiger partial charge in [0.15, 0.2) is 9.84 Å². The lowest BCUT2D eigenvalue weighted by molar-refractivity contribution is -0.137. The molecule has 1 aromatic rings. The second-order valence-corrected chi connectivity index (χ2v) is 6.27. The van der Waals surface area contributed by atoms with Crippen molar-refractivity contribution in [1.29, 1.82) is 0 Å². The van der Waals surface area contributed by atoms with E-state index in [2.05, 4.69) is 0 Å². The number of aryl methyl sites for hydroxylation is 2. The van der Waals surface area contributed by atoms with Gasteiger partial charge in [-0.3, -0.25) is 4.79 Å². The van der Waals surface area contributed by atoms with Gasteiger partial charge in [0, 0.05) is 6.42 Å². The molecule has 0 bridgehead atoms. The van der Waals surface area contributed by atoms with Gasteiger partial charge in [-0.05, 0) is 30.4 Å². The molecule has 0 fully saturated rings. The van der Waals surface area contributed by atoms with Gasteiger partial charge in [0.2, 0.25) is 0 Å². The zero-order chi connectivity index (χ0) is 12.5. The van der Waals surface area contributed by atoms with Crippen LogP contribution in [0.15, 0.2) is 23.1 Å². The van der Waals surface area contributed by atoms with Gasteiger partial charge < -0.3 is 5.11 Å². The van der Waals surface area contributed by atoms with Crippen LogP contribution in [0.2, 0.25) is 0 Å². The highest BCUT2D eigenvalue weighted by molar-refractivity contribution is 7.91. The van der Waals surface area contributed by atoms with Gasteiger partial charge in [-0.25, -0.2) is 8.42 Å². The first-order valence-electron chi connectivity index (χ1n) is 5.56. The summed E-state index contributed by atoms with van der Waals surface area (Å²) in [6, 6.07) is 5.46. The van der Waals surface area contributed by atoms with Gasteiger partial charge in [-0.15, -0.1) is 0 Å². The highest BCUT2D eigenvalue weighted by Gasteiger charge is 2.28. The van der Waals surface area contributed by atoms with E-state index in [-0.39, 0.29) is 12.2 Å². The molecule has 0 radical (unpaired) electrons. The van der Waals surface area contributed by atoms with E-state index < -0.39 is 15.8 Å². The quantitative estimate of drug-likeness (QED) is 0.882. The number of carbonyl (C=O) groups is 1. The molecule has 0 atom stereocenters. The lowest BCUT2D eigenvalue weighted by Gasteiger charge is -2.06. The predicted molar refractivity (Wildman–Crippen MR) is 62.8 cm³/mol. The predicted octanol–water partition coefficient (Wildman–Crippen LogP) is 1.42. The van der Waals surface area contributed by atoms with Crippen LogP contribution >= 0.6 is 0 Å². The smallest absolute Gasteiger partial charge is 0.303 e. The summed E-state index contributed by atoms with van der Waals surface area (Å²) in [6.07, 6.45) is 1.63. The van der Waals surface area contributed by atoms with Crippen LogP contribution in [0, 0.1) is 0 Å². The first-order valence-corrected chi connectivity index (χ1v) is 7.21. The molecule has 1 heterocycles. The van der Waals surface area contributed by atoms with E-state index in [1.807, 2.05) is 12.1 Å².